The second-order valence-electron chi connectivity index (χ2n) is 9.06. The molecule has 2 aromatic heterocycles. The van der Waals surface area contributed by atoms with Crippen molar-refractivity contribution in [2.45, 2.75) is 46.2 Å². The summed E-state index contributed by atoms with van der Waals surface area (Å²) in [6.45, 7) is 9.75. The van der Waals surface area contributed by atoms with Gasteiger partial charge in [0.05, 0.1) is 6.04 Å². The molecule has 2 unspecified atom stereocenters. The number of aryl methyl sites for hydroxylation is 1. The van der Waals surface area contributed by atoms with Crippen molar-refractivity contribution in [3.63, 3.8) is 0 Å². The molecule has 0 radical (unpaired) electrons. The molecule has 176 valence electrons. The predicted molar refractivity (Wildman–Crippen MR) is 121 cm³/mol. The van der Waals surface area contributed by atoms with E-state index in [0.717, 1.165) is 19.5 Å². The maximum atomic E-state index is 13.7. The summed E-state index contributed by atoms with van der Waals surface area (Å²) in [7, 11) is 0. The fraction of sp³-hybridized carbons (Fsp3) is 0.545. The molecule has 0 bridgehead atoms. The molecule has 1 aromatic carbocycles. The van der Waals surface area contributed by atoms with Gasteiger partial charge in [-0.3, -0.25) is 0 Å². The summed E-state index contributed by atoms with van der Waals surface area (Å²) in [5, 5.41) is 12.3. The van der Waals surface area contributed by atoms with Crippen LogP contribution in [0.15, 0.2) is 22.7 Å². The number of fused-ring (bicyclic) bond motifs is 1. The zero-order chi connectivity index (χ0) is 23.3. The molecule has 2 aliphatic rings. The van der Waals surface area contributed by atoms with Gasteiger partial charge < -0.3 is 19.5 Å². The van der Waals surface area contributed by atoms with Crippen LogP contribution in [0.1, 0.15) is 39.1 Å². The van der Waals surface area contributed by atoms with E-state index in [0.29, 0.717) is 35.5 Å². The van der Waals surface area contributed by atoms with E-state index < -0.39 is 5.82 Å². The van der Waals surface area contributed by atoms with Crippen molar-refractivity contribution in [1.82, 2.24) is 24.9 Å². The first-order valence-corrected chi connectivity index (χ1v) is 11.6. The summed E-state index contributed by atoms with van der Waals surface area (Å²) >= 11 is 5.97. The lowest BCUT2D eigenvalue weighted by atomic mass is 9.61. The largest absolute Gasteiger partial charge is 0.424 e. The Balaban J connectivity index is 1.34. The Labute approximate surface area is 196 Å². The molecule has 9 nitrogen and oxygen atoms in total. The van der Waals surface area contributed by atoms with Crippen LogP contribution < -0.4 is 15.0 Å². The quantitative estimate of drug-likeness (QED) is 0.525. The van der Waals surface area contributed by atoms with E-state index in [9.17, 15) is 4.39 Å². The number of hydrogen-bond acceptors (Lipinski definition) is 8. The van der Waals surface area contributed by atoms with Gasteiger partial charge in [-0.25, -0.2) is 9.07 Å². The van der Waals surface area contributed by atoms with Gasteiger partial charge in [-0.05, 0) is 44.7 Å². The third-order valence-electron chi connectivity index (χ3n) is 6.57. The second kappa shape index (κ2) is 8.48. The predicted octanol–water partition coefficient (Wildman–Crippen LogP) is 4.71. The standard InChI is InChI=1S/C22H27ClFN7O2/c1-5-16-17-9-30(21-25-12(4)29-33-21)10-18(17)19(16)26-20-27-22(31(28-20)11(2)3)32-15-7-13(23)6-14(24)8-15/h6-8,11,16-19H,5,9-10H2,1-4H3,(H,26,28)/t16?,17?,18-,19-/m1/s1. The highest BCUT2D eigenvalue weighted by atomic mass is 35.5. The van der Waals surface area contributed by atoms with Gasteiger partial charge in [0.25, 0.3) is 0 Å². The summed E-state index contributed by atoms with van der Waals surface area (Å²) in [5.41, 5.74) is 0. The van der Waals surface area contributed by atoms with Crippen LogP contribution >= 0.6 is 11.6 Å². The normalized spacial score (nSPS) is 24.2. The minimum Gasteiger partial charge on any atom is -0.424 e. The molecule has 0 spiro atoms. The topological polar surface area (TPSA) is 94.1 Å². The van der Waals surface area contributed by atoms with E-state index in [-0.39, 0.29) is 28.9 Å². The molecule has 3 aromatic rings. The lowest BCUT2D eigenvalue weighted by molar-refractivity contribution is 0.0915. The molecule has 0 amide bonds. The van der Waals surface area contributed by atoms with E-state index in [2.05, 4.69) is 37.4 Å². The lowest BCUT2D eigenvalue weighted by Gasteiger charge is -2.47. The Morgan fingerprint density at radius 3 is 2.70 bits per heavy atom. The summed E-state index contributed by atoms with van der Waals surface area (Å²) in [4.78, 5) is 11.1. The summed E-state index contributed by atoms with van der Waals surface area (Å²) in [5.74, 6) is 2.41. The number of ether oxygens (including phenoxy) is 1. The van der Waals surface area contributed by atoms with E-state index in [1.54, 1.807) is 10.7 Å². The number of aromatic nitrogens is 5. The molecule has 1 saturated heterocycles. The Kier molecular flexibility index (Phi) is 5.64. The van der Waals surface area contributed by atoms with E-state index in [1.807, 2.05) is 20.8 Å². The minimum absolute atomic E-state index is 0.00549. The monoisotopic (exact) mass is 475 g/mol. The van der Waals surface area contributed by atoms with Gasteiger partial charge in [-0.1, -0.05) is 30.1 Å². The number of hydrogen-bond donors (Lipinski definition) is 1. The second-order valence-corrected chi connectivity index (χ2v) is 9.50. The van der Waals surface area contributed by atoms with E-state index in [4.69, 9.17) is 20.9 Å². The summed E-state index contributed by atoms with van der Waals surface area (Å²) in [6, 6.07) is 5.16. The van der Waals surface area contributed by atoms with Crippen LogP contribution in [0.25, 0.3) is 0 Å². The number of halogens is 2. The number of benzene rings is 1. The first-order chi connectivity index (χ1) is 15.8. The average Bonchev–Trinajstić information content (AvgIpc) is 3.43. The van der Waals surface area contributed by atoms with Crippen molar-refractivity contribution >= 4 is 23.6 Å². The van der Waals surface area contributed by atoms with Gasteiger partial charge in [0.15, 0.2) is 5.82 Å². The lowest BCUT2D eigenvalue weighted by Crippen LogP contribution is -2.54. The molecule has 1 aliphatic heterocycles. The SMILES string of the molecule is CCC1C2CN(c3nc(C)no3)C[C@H]2[C@@H]1Nc1nc(Oc2cc(F)cc(Cl)c2)n(C(C)C)n1. The van der Waals surface area contributed by atoms with Gasteiger partial charge >= 0.3 is 12.0 Å². The highest BCUT2D eigenvalue weighted by Gasteiger charge is 2.55. The van der Waals surface area contributed by atoms with E-state index >= 15 is 0 Å². The van der Waals surface area contributed by atoms with Crippen LogP contribution in [0.2, 0.25) is 5.02 Å². The van der Waals surface area contributed by atoms with Crippen LogP contribution in [-0.4, -0.2) is 44.0 Å². The van der Waals surface area contributed by atoms with Crippen molar-refractivity contribution < 1.29 is 13.7 Å². The minimum atomic E-state index is -0.472. The highest BCUT2D eigenvalue weighted by molar-refractivity contribution is 6.30. The van der Waals surface area contributed by atoms with Crippen LogP contribution in [0.4, 0.5) is 16.4 Å². The molecule has 1 saturated carbocycles. The fourth-order valence-corrected chi connectivity index (χ4v) is 5.30. The van der Waals surface area contributed by atoms with Crippen molar-refractivity contribution in [3.05, 3.63) is 34.9 Å². The van der Waals surface area contributed by atoms with Gasteiger partial charge in [0.2, 0.25) is 5.95 Å². The Bertz CT molecular complexity index is 1130. The average molecular weight is 476 g/mol. The van der Waals surface area contributed by atoms with Gasteiger partial charge in [-0.2, -0.15) is 9.97 Å². The van der Waals surface area contributed by atoms with Crippen LogP contribution in [-0.2, 0) is 0 Å². The van der Waals surface area contributed by atoms with Crippen molar-refractivity contribution in [2.24, 2.45) is 17.8 Å². The van der Waals surface area contributed by atoms with Crippen molar-refractivity contribution in [3.8, 4) is 11.8 Å². The smallest absolute Gasteiger partial charge is 0.324 e. The molecule has 1 aliphatic carbocycles. The molecule has 11 heteroatoms. The van der Waals surface area contributed by atoms with Gasteiger partial charge in [0.1, 0.15) is 11.6 Å². The molecule has 3 heterocycles. The van der Waals surface area contributed by atoms with Gasteiger partial charge in [0, 0.05) is 36.1 Å². The number of nitrogens with zero attached hydrogens (tertiary/aromatic N) is 6. The molecule has 1 N–H and O–H groups in total. The number of anilines is 2. The molecule has 33 heavy (non-hydrogen) atoms. The van der Waals surface area contributed by atoms with Crippen LogP contribution in [0.5, 0.6) is 11.8 Å². The van der Waals surface area contributed by atoms with E-state index in [1.165, 1.54) is 12.1 Å². The molecule has 4 atom stereocenters. The molecule has 2 fully saturated rings. The third-order valence-corrected chi connectivity index (χ3v) is 6.79. The maximum Gasteiger partial charge on any atom is 0.324 e. The Morgan fingerprint density at radius 2 is 2.03 bits per heavy atom. The van der Waals surface area contributed by atoms with Crippen LogP contribution in [0.3, 0.4) is 0 Å². The number of rotatable bonds is 7. The van der Waals surface area contributed by atoms with Gasteiger partial charge in [-0.15, -0.1) is 5.10 Å². The van der Waals surface area contributed by atoms with Crippen molar-refractivity contribution in [1.29, 1.82) is 0 Å². The zero-order valence-corrected chi connectivity index (χ0v) is 19.8. The maximum absolute atomic E-state index is 13.7. The Hall–Kier alpha value is -2.88. The summed E-state index contributed by atoms with van der Waals surface area (Å²) in [6.07, 6.45) is 1.05. The first-order valence-electron chi connectivity index (χ1n) is 11.2. The number of nitrogens with one attached hydrogen (secondary N) is 1. The third kappa shape index (κ3) is 4.12. The zero-order valence-electron chi connectivity index (χ0n) is 19.0. The first kappa shape index (κ1) is 21.9. The Morgan fingerprint density at radius 1 is 1.24 bits per heavy atom. The highest BCUT2D eigenvalue weighted by Crippen LogP contribution is 2.49. The van der Waals surface area contributed by atoms with Crippen molar-refractivity contribution in [2.75, 3.05) is 23.3 Å². The molecular weight excluding hydrogens is 449 g/mol. The molecule has 5 rings (SSSR count). The molecular formula is C22H27ClFN7O2. The van der Waals surface area contributed by atoms with Crippen LogP contribution in [0, 0.1) is 30.5 Å². The summed E-state index contributed by atoms with van der Waals surface area (Å²) < 4.78 is 26.7. The fourth-order valence-electron chi connectivity index (χ4n) is 5.08.